The number of nitrogens with zero attached hydrogens (tertiary/aromatic N) is 2. The molecular formula is C29H33N3O4. The summed E-state index contributed by atoms with van der Waals surface area (Å²) in [6.07, 6.45) is 0.858. The number of hydrogen-bond donors (Lipinski definition) is 1. The van der Waals surface area contributed by atoms with Crippen molar-refractivity contribution in [2.45, 2.75) is 57.9 Å². The molecule has 0 unspecified atom stereocenters. The summed E-state index contributed by atoms with van der Waals surface area (Å²) in [6, 6.07) is 24.8. The maximum absolute atomic E-state index is 13.0. The Morgan fingerprint density at radius 3 is 2.44 bits per heavy atom. The first kappa shape index (κ1) is 25.2. The van der Waals surface area contributed by atoms with E-state index in [0.29, 0.717) is 13.0 Å². The molecule has 1 aliphatic rings. The van der Waals surface area contributed by atoms with Gasteiger partial charge < -0.3 is 19.7 Å². The molecule has 0 saturated carbocycles. The minimum absolute atomic E-state index is 0.184. The monoisotopic (exact) mass is 487 g/mol. The van der Waals surface area contributed by atoms with E-state index < -0.39 is 6.09 Å². The topological polar surface area (TPSA) is 80.8 Å². The zero-order valence-corrected chi connectivity index (χ0v) is 20.8. The van der Waals surface area contributed by atoms with Crippen LogP contribution in [0.25, 0.3) is 11.3 Å². The number of amides is 2. The number of hydrogen-bond acceptors (Lipinski definition) is 5. The highest BCUT2D eigenvalue weighted by atomic mass is 16.6. The van der Waals surface area contributed by atoms with Crippen molar-refractivity contribution in [2.24, 2.45) is 0 Å². The first-order chi connectivity index (χ1) is 17.5. The van der Waals surface area contributed by atoms with Crippen LogP contribution < -0.4 is 5.32 Å². The van der Waals surface area contributed by atoms with Crippen molar-refractivity contribution in [3.05, 3.63) is 90.1 Å². The molecule has 2 amide bonds. The van der Waals surface area contributed by atoms with Crippen LogP contribution in [0, 0.1) is 0 Å². The second kappa shape index (κ2) is 12.2. The molecule has 0 spiro atoms. The Balaban J connectivity index is 1.51. The molecular weight excluding hydrogens is 454 g/mol. The van der Waals surface area contributed by atoms with E-state index in [2.05, 4.69) is 5.32 Å². The van der Waals surface area contributed by atoms with Gasteiger partial charge in [0.05, 0.1) is 23.9 Å². The number of nitrogens with one attached hydrogen (secondary N) is 1. The predicted octanol–water partition coefficient (Wildman–Crippen LogP) is 5.60. The molecule has 1 fully saturated rings. The van der Waals surface area contributed by atoms with Crippen molar-refractivity contribution < 1.29 is 19.1 Å². The van der Waals surface area contributed by atoms with E-state index in [0.717, 1.165) is 35.4 Å². The van der Waals surface area contributed by atoms with E-state index in [1.54, 1.807) is 4.90 Å². The summed E-state index contributed by atoms with van der Waals surface area (Å²) in [5.74, 6) is 0. The van der Waals surface area contributed by atoms with Gasteiger partial charge in [0, 0.05) is 24.2 Å². The third-order valence-electron chi connectivity index (χ3n) is 6.16. The Kier molecular flexibility index (Phi) is 8.55. The number of alkyl carbamates (subject to hydrolysis) is 1. The molecule has 7 nitrogen and oxygen atoms in total. The number of benzene rings is 2. The summed E-state index contributed by atoms with van der Waals surface area (Å²) in [6.45, 7) is 4.41. The fraction of sp³-hybridized carbons (Fsp3) is 0.345. The number of rotatable bonds is 7. The van der Waals surface area contributed by atoms with E-state index in [1.807, 2.05) is 92.7 Å². The van der Waals surface area contributed by atoms with Crippen molar-refractivity contribution >= 4 is 12.2 Å². The second-order valence-electron chi connectivity index (χ2n) is 9.23. The Hall–Kier alpha value is -3.87. The number of carbonyl (C=O) groups excluding carboxylic acids is 2. The number of pyridine rings is 1. The van der Waals surface area contributed by atoms with Crippen molar-refractivity contribution in [3.8, 4) is 11.3 Å². The summed E-state index contributed by atoms with van der Waals surface area (Å²) in [5, 5.41) is 3.01. The van der Waals surface area contributed by atoms with Crippen LogP contribution in [0.2, 0.25) is 0 Å². The van der Waals surface area contributed by atoms with Crippen molar-refractivity contribution in [1.29, 1.82) is 0 Å². The van der Waals surface area contributed by atoms with Gasteiger partial charge in [-0.1, -0.05) is 66.7 Å². The maximum Gasteiger partial charge on any atom is 0.410 e. The lowest BCUT2D eigenvalue weighted by Gasteiger charge is -2.41. The molecule has 2 aromatic carbocycles. The predicted molar refractivity (Wildman–Crippen MR) is 138 cm³/mol. The van der Waals surface area contributed by atoms with Crippen LogP contribution in [0.1, 0.15) is 37.9 Å². The Labute approximate surface area is 212 Å². The molecule has 2 atom stereocenters. The van der Waals surface area contributed by atoms with Crippen LogP contribution in [0.15, 0.2) is 78.9 Å². The lowest BCUT2D eigenvalue weighted by Crippen LogP contribution is -2.58. The lowest BCUT2D eigenvalue weighted by molar-refractivity contribution is 0.0415. The lowest BCUT2D eigenvalue weighted by atomic mass is 9.92. The fourth-order valence-electron chi connectivity index (χ4n) is 4.47. The summed E-state index contributed by atoms with van der Waals surface area (Å²) in [7, 11) is 0. The van der Waals surface area contributed by atoms with E-state index in [9.17, 15) is 9.59 Å². The molecule has 36 heavy (non-hydrogen) atoms. The van der Waals surface area contributed by atoms with Gasteiger partial charge >= 0.3 is 12.2 Å². The third-order valence-corrected chi connectivity index (χ3v) is 6.16. The molecule has 0 aliphatic carbocycles. The van der Waals surface area contributed by atoms with Crippen LogP contribution in [0.3, 0.4) is 0 Å². The average molecular weight is 488 g/mol. The molecule has 1 N–H and O–H groups in total. The minimum Gasteiger partial charge on any atom is -0.447 e. The molecule has 1 aromatic heterocycles. The first-order valence-corrected chi connectivity index (χ1v) is 12.5. The molecule has 3 aromatic rings. The number of carbonyl (C=O) groups is 2. The summed E-state index contributed by atoms with van der Waals surface area (Å²) >= 11 is 0. The molecule has 1 saturated heterocycles. The Morgan fingerprint density at radius 2 is 1.72 bits per heavy atom. The zero-order chi connectivity index (χ0) is 25.3. The SMILES string of the molecule is CC(C)OC(=O)N1CCC[C@@H](NC(=O)OCc2ccccc2)[C@H]1Cc1cccc(-c2ccccc2)n1. The smallest absolute Gasteiger partial charge is 0.410 e. The van der Waals surface area contributed by atoms with Gasteiger partial charge in [0.15, 0.2) is 0 Å². The minimum atomic E-state index is -0.501. The van der Waals surface area contributed by atoms with Gasteiger partial charge in [-0.05, 0) is 44.4 Å². The first-order valence-electron chi connectivity index (χ1n) is 12.5. The highest BCUT2D eigenvalue weighted by Crippen LogP contribution is 2.24. The van der Waals surface area contributed by atoms with Gasteiger partial charge in [-0.3, -0.25) is 4.98 Å². The summed E-state index contributed by atoms with van der Waals surface area (Å²) < 4.78 is 11.0. The second-order valence-corrected chi connectivity index (χ2v) is 9.23. The number of aromatic nitrogens is 1. The normalized spacial score (nSPS) is 17.5. The molecule has 0 bridgehead atoms. The van der Waals surface area contributed by atoms with Crippen LogP contribution in [0.5, 0.6) is 0 Å². The molecule has 0 radical (unpaired) electrons. The molecule has 188 valence electrons. The van der Waals surface area contributed by atoms with Gasteiger partial charge in [-0.2, -0.15) is 0 Å². The third kappa shape index (κ3) is 6.84. The summed E-state index contributed by atoms with van der Waals surface area (Å²) in [5.41, 5.74) is 3.65. The quantitative estimate of drug-likeness (QED) is 0.470. The maximum atomic E-state index is 13.0. The number of likely N-dealkylation sites (tertiary alicyclic amines) is 1. The zero-order valence-electron chi connectivity index (χ0n) is 20.8. The van der Waals surface area contributed by atoms with Gasteiger partial charge in [0.2, 0.25) is 0 Å². The van der Waals surface area contributed by atoms with Crippen molar-refractivity contribution in [2.75, 3.05) is 6.54 Å². The van der Waals surface area contributed by atoms with E-state index in [1.165, 1.54) is 0 Å². The van der Waals surface area contributed by atoms with E-state index in [4.69, 9.17) is 14.5 Å². The summed E-state index contributed by atoms with van der Waals surface area (Å²) in [4.78, 5) is 32.3. The average Bonchev–Trinajstić information content (AvgIpc) is 2.89. The molecule has 2 heterocycles. The standard InChI is InChI=1S/C29H33N3O4/c1-21(2)36-29(34)32-18-10-17-26(31-28(33)35-20-22-11-5-3-6-12-22)27(32)19-24-15-9-16-25(30-24)23-13-7-4-8-14-23/h3-9,11-16,21,26-27H,10,17-20H2,1-2H3,(H,31,33)/t26-,27-/m1/s1. The van der Waals surface area contributed by atoms with Crippen LogP contribution >= 0.6 is 0 Å². The fourth-order valence-corrected chi connectivity index (χ4v) is 4.47. The van der Waals surface area contributed by atoms with E-state index >= 15 is 0 Å². The van der Waals surface area contributed by atoms with Crippen molar-refractivity contribution in [1.82, 2.24) is 15.2 Å². The van der Waals surface area contributed by atoms with Crippen molar-refractivity contribution in [3.63, 3.8) is 0 Å². The number of ether oxygens (including phenoxy) is 2. The van der Waals surface area contributed by atoms with Crippen LogP contribution in [-0.2, 0) is 22.5 Å². The Morgan fingerprint density at radius 1 is 1.00 bits per heavy atom. The van der Waals surface area contributed by atoms with Gasteiger partial charge in [0.1, 0.15) is 6.61 Å². The molecule has 4 rings (SSSR count). The largest absolute Gasteiger partial charge is 0.447 e. The van der Waals surface area contributed by atoms with Crippen LogP contribution in [0.4, 0.5) is 9.59 Å². The van der Waals surface area contributed by atoms with Gasteiger partial charge in [-0.15, -0.1) is 0 Å². The van der Waals surface area contributed by atoms with E-state index in [-0.39, 0.29) is 30.9 Å². The molecule has 7 heteroatoms. The Bertz CT molecular complexity index is 1140. The molecule has 1 aliphatic heterocycles. The van der Waals surface area contributed by atoms with Crippen LogP contribution in [-0.4, -0.2) is 46.8 Å². The van der Waals surface area contributed by atoms with Gasteiger partial charge in [0.25, 0.3) is 0 Å². The van der Waals surface area contributed by atoms with Gasteiger partial charge in [-0.25, -0.2) is 9.59 Å². The highest BCUT2D eigenvalue weighted by molar-refractivity contribution is 5.70. The highest BCUT2D eigenvalue weighted by Gasteiger charge is 2.37. The number of piperidine rings is 1.